The summed E-state index contributed by atoms with van der Waals surface area (Å²) in [6.07, 6.45) is 5.47. The quantitative estimate of drug-likeness (QED) is 0.873. The lowest BCUT2D eigenvalue weighted by Crippen LogP contribution is -2.56. The van der Waals surface area contributed by atoms with Crippen LogP contribution < -0.4 is 5.32 Å². The maximum Gasteiger partial charge on any atom is 0.0343 e. The van der Waals surface area contributed by atoms with Crippen molar-refractivity contribution >= 4 is 27.3 Å². The van der Waals surface area contributed by atoms with E-state index < -0.39 is 0 Å². The van der Waals surface area contributed by atoms with Gasteiger partial charge in [-0.2, -0.15) is 0 Å². The number of nitrogens with zero attached hydrogens (tertiary/aromatic N) is 1. The topological polar surface area (TPSA) is 15.3 Å². The van der Waals surface area contributed by atoms with Crippen molar-refractivity contribution < 1.29 is 0 Å². The molecule has 0 bridgehead atoms. The smallest absolute Gasteiger partial charge is 0.0343 e. The first-order valence-electron chi connectivity index (χ1n) is 7.47. The van der Waals surface area contributed by atoms with E-state index in [0.717, 1.165) is 18.5 Å². The predicted octanol–water partition coefficient (Wildman–Crippen LogP) is 3.86. The third-order valence-corrected chi connectivity index (χ3v) is 6.33. The van der Waals surface area contributed by atoms with Gasteiger partial charge in [0.25, 0.3) is 0 Å². The molecule has 0 aromatic carbocycles. The first-order valence-corrected chi connectivity index (χ1v) is 9.14. The molecule has 4 heteroatoms. The fourth-order valence-electron chi connectivity index (χ4n) is 3.13. The SMILES string of the molecule is CCCC1CNC(C2CC2)CN1Cc1sccc1Br. The largest absolute Gasteiger partial charge is 0.311 e. The van der Waals surface area contributed by atoms with Crippen LogP contribution in [0.1, 0.15) is 37.5 Å². The summed E-state index contributed by atoms with van der Waals surface area (Å²) in [5.41, 5.74) is 0. The number of rotatable bonds is 5. The summed E-state index contributed by atoms with van der Waals surface area (Å²) in [5, 5.41) is 5.98. The van der Waals surface area contributed by atoms with Crippen LogP contribution in [0.15, 0.2) is 15.9 Å². The lowest BCUT2D eigenvalue weighted by molar-refractivity contribution is 0.109. The molecule has 1 aliphatic heterocycles. The molecule has 2 unspecified atom stereocenters. The highest BCUT2D eigenvalue weighted by molar-refractivity contribution is 9.10. The molecule has 2 fully saturated rings. The van der Waals surface area contributed by atoms with Gasteiger partial charge >= 0.3 is 0 Å². The Balaban J connectivity index is 1.67. The maximum atomic E-state index is 3.79. The average molecular weight is 343 g/mol. The highest BCUT2D eigenvalue weighted by Crippen LogP contribution is 2.35. The minimum Gasteiger partial charge on any atom is -0.311 e. The first-order chi connectivity index (χ1) is 9.28. The molecule has 1 saturated carbocycles. The van der Waals surface area contributed by atoms with E-state index in [1.54, 1.807) is 0 Å². The van der Waals surface area contributed by atoms with Crippen LogP contribution in [0.2, 0.25) is 0 Å². The highest BCUT2D eigenvalue weighted by Gasteiger charge is 2.36. The van der Waals surface area contributed by atoms with Gasteiger partial charge in [-0.05, 0) is 52.6 Å². The second-order valence-electron chi connectivity index (χ2n) is 5.92. The lowest BCUT2D eigenvalue weighted by atomic mass is 10.0. The molecular weight excluding hydrogens is 320 g/mol. The van der Waals surface area contributed by atoms with Gasteiger partial charge in [0.15, 0.2) is 0 Å². The average Bonchev–Trinajstić information content (AvgIpc) is 3.18. The molecule has 2 atom stereocenters. The van der Waals surface area contributed by atoms with Crippen LogP contribution >= 0.6 is 27.3 Å². The Morgan fingerprint density at radius 2 is 2.32 bits per heavy atom. The number of hydrogen-bond acceptors (Lipinski definition) is 3. The zero-order valence-corrected chi connectivity index (χ0v) is 14.0. The van der Waals surface area contributed by atoms with Crippen LogP contribution in [0.25, 0.3) is 0 Å². The molecule has 0 spiro atoms. The van der Waals surface area contributed by atoms with Gasteiger partial charge in [0, 0.05) is 41.1 Å². The highest BCUT2D eigenvalue weighted by atomic mass is 79.9. The summed E-state index contributed by atoms with van der Waals surface area (Å²) in [6.45, 7) is 5.83. The molecule has 0 radical (unpaired) electrons. The van der Waals surface area contributed by atoms with Gasteiger partial charge in [-0.3, -0.25) is 4.90 Å². The van der Waals surface area contributed by atoms with Crippen molar-refractivity contribution in [3.05, 3.63) is 20.8 Å². The number of piperazine rings is 1. The first kappa shape index (κ1) is 14.1. The Morgan fingerprint density at radius 1 is 1.47 bits per heavy atom. The van der Waals surface area contributed by atoms with E-state index in [4.69, 9.17) is 0 Å². The van der Waals surface area contributed by atoms with Gasteiger partial charge in [-0.25, -0.2) is 0 Å². The number of hydrogen-bond donors (Lipinski definition) is 1. The van der Waals surface area contributed by atoms with Crippen molar-refractivity contribution in [1.29, 1.82) is 0 Å². The maximum absolute atomic E-state index is 3.79. The van der Waals surface area contributed by atoms with Crippen molar-refractivity contribution in [2.75, 3.05) is 13.1 Å². The molecule has 1 aliphatic carbocycles. The Bertz CT molecular complexity index is 416. The number of nitrogens with one attached hydrogen (secondary N) is 1. The third kappa shape index (κ3) is 3.41. The molecule has 106 valence electrons. The van der Waals surface area contributed by atoms with Crippen LogP contribution in [0.4, 0.5) is 0 Å². The van der Waals surface area contributed by atoms with Crippen molar-refractivity contribution in [1.82, 2.24) is 10.2 Å². The number of thiophene rings is 1. The summed E-state index contributed by atoms with van der Waals surface area (Å²) in [6, 6.07) is 3.64. The molecular formula is C15H23BrN2S. The molecule has 1 saturated heterocycles. The molecule has 19 heavy (non-hydrogen) atoms. The van der Waals surface area contributed by atoms with Crippen molar-refractivity contribution in [3.8, 4) is 0 Å². The van der Waals surface area contributed by atoms with E-state index in [9.17, 15) is 0 Å². The zero-order valence-electron chi connectivity index (χ0n) is 11.6. The van der Waals surface area contributed by atoms with Crippen LogP contribution in [0.5, 0.6) is 0 Å². The Kier molecular flexibility index (Phi) is 4.62. The Hall–Kier alpha value is 0.100. The van der Waals surface area contributed by atoms with E-state index >= 15 is 0 Å². The van der Waals surface area contributed by atoms with Gasteiger partial charge in [0.1, 0.15) is 0 Å². The van der Waals surface area contributed by atoms with E-state index in [0.29, 0.717) is 6.04 Å². The summed E-state index contributed by atoms with van der Waals surface area (Å²) < 4.78 is 1.29. The summed E-state index contributed by atoms with van der Waals surface area (Å²) >= 11 is 5.56. The third-order valence-electron chi connectivity index (χ3n) is 4.41. The lowest BCUT2D eigenvalue weighted by Gasteiger charge is -2.40. The molecule has 0 amide bonds. The Labute approximate surface area is 128 Å². The van der Waals surface area contributed by atoms with Gasteiger partial charge in [-0.1, -0.05) is 13.3 Å². The molecule has 1 aromatic rings. The van der Waals surface area contributed by atoms with Crippen LogP contribution in [0, 0.1) is 5.92 Å². The van der Waals surface area contributed by atoms with E-state index in [2.05, 4.69) is 44.5 Å². The van der Waals surface area contributed by atoms with E-state index in [1.807, 2.05) is 11.3 Å². The predicted molar refractivity (Wildman–Crippen MR) is 85.6 cm³/mol. The fraction of sp³-hybridized carbons (Fsp3) is 0.733. The normalized spacial score (nSPS) is 28.7. The van der Waals surface area contributed by atoms with Crippen LogP contribution in [-0.2, 0) is 6.54 Å². The van der Waals surface area contributed by atoms with E-state index in [-0.39, 0.29) is 0 Å². The molecule has 1 N–H and O–H groups in total. The zero-order chi connectivity index (χ0) is 13.2. The standard InChI is InChI=1S/C15H23BrN2S/c1-2-3-12-8-17-14(11-4-5-11)9-18(12)10-15-13(16)6-7-19-15/h6-7,11-12,14,17H,2-5,8-10H2,1H3. The summed E-state index contributed by atoms with van der Waals surface area (Å²) in [4.78, 5) is 4.21. The molecule has 3 rings (SSSR count). The van der Waals surface area contributed by atoms with Gasteiger partial charge < -0.3 is 5.32 Å². The van der Waals surface area contributed by atoms with Crippen LogP contribution in [0.3, 0.4) is 0 Å². The second-order valence-corrected chi connectivity index (χ2v) is 7.77. The Morgan fingerprint density at radius 3 is 2.95 bits per heavy atom. The molecule has 2 heterocycles. The van der Waals surface area contributed by atoms with E-state index in [1.165, 1.54) is 48.1 Å². The van der Waals surface area contributed by atoms with Gasteiger partial charge in [0.2, 0.25) is 0 Å². The molecule has 1 aromatic heterocycles. The van der Waals surface area contributed by atoms with Crippen LogP contribution in [-0.4, -0.2) is 30.1 Å². The monoisotopic (exact) mass is 342 g/mol. The molecule has 2 nitrogen and oxygen atoms in total. The summed E-state index contributed by atoms with van der Waals surface area (Å²) in [5.74, 6) is 0.955. The van der Waals surface area contributed by atoms with Gasteiger partial charge in [0.05, 0.1) is 0 Å². The van der Waals surface area contributed by atoms with Crippen molar-refractivity contribution in [2.24, 2.45) is 5.92 Å². The van der Waals surface area contributed by atoms with Gasteiger partial charge in [-0.15, -0.1) is 11.3 Å². The number of halogens is 1. The minimum absolute atomic E-state index is 0.717. The van der Waals surface area contributed by atoms with Crippen molar-refractivity contribution in [2.45, 2.75) is 51.2 Å². The fourth-order valence-corrected chi connectivity index (χ4v) is 4.63. The molecule has 2 aliphatic rings. The van der Waals surface area contributed by atoms with Crippen molar-refractivity contribution in [3.63, 3.8) is 0 Å². The second kappa shape index (κ2) is 6.25. The minimum atomic E-state index is 0.717. The summed E-state index contributed by atoms with van der Waals surface area (Å²) in [7, 11) is 0.